The van der Waals surface area contributed by atoms with Gasteiger partial charge in [-0.2, -0.15) is 0 Å². The number of rotatable bonds is 1. The Labute approximate surface area is 217 Å². The minimum absolute atomic E-state index is 0.0375. The standard InChI is InChI=1S/C32H46N2O2/c1-19-10-13-32(27(35)36)15-14-30(6)22(25(32)20(19)2)8-9-24-29(5)16-21-17-33-18-34-26(21)28(3,4)23(29)11-12-31(24,30)7/h8,17-20,23-25H,9-16H2,1-7H3,(H,35,36)/t19-,20+,23+,24-,25+,29+,30-,31-,32+/m1/s1. The van der Waals surface area contributed by atoms with Crippen molar-refractivity contribution in [3.63, 3.8) is 0 Å². The molecule has 0 bridgehead atoms. The maximum atomic E-state index is 12.9. The number of nitrogens with zero attached hydrogens (tertiary/aromatic N) is 2. The molecule has 0 aromatic carbocycles. The zero-order chi connectivity index (χ0) is 25.9. The minimum atomic E-state index is -0.565. The van der Waals surface area contributed by atoms with E-state index in [1.807, 2.05) is 0 Å². The molecule has 0 radical (unpaired) electrons. The fraction of sp³-hybridized carbons (Fsp3) is 0.781. The average Bonchev–Trinajstić information content (AvgIpc) is 2.81. The van der Waals surface area contributed by atoms with Crippen molar-refractivity contribution in [1.82, 2.24) is 9.97 Å². The molecular formula is C32H46N2O2. The number of carboxylic acids is 1. The van der Waals surface area contributed by atoms with Crippen LogP contribution in [-0.4, -0.2) is 21.0 Å². The Balaban J connectivity index is 1.48. The third-order valence-electron chi connectivity index (χ3n) is 13.5. The topological polar surface area (TPSA) is 63.1 Å². The van der Waals surface area contributed by atoms with Crippen molar-refractivity contribution in [3.8, 4) is 0 Å². The van der Waals surface area contributed by atoms with E-state index in [0.717, 1.165) is 38.5 Å². The Bertz CT molecular complexity index is 1140. The van der Waals surface area contributed by atoms with Crippen molar-refractivity contribution in [1.29, 1.82) is 0 Å². The lowest BCUT2D eigenvalue weighted by molar-refractivity contribution is -0.179. The first-order chi connectivity index (χ1) is 16.8. The van der Waals surface area contributed by atoms with Crippen molar-refractivity contribution in [2.45, 2.75) is 105 Å². The van der Waals surface area contributed by atoms with Crippen molar-refractivity contribution in [3.05, 3.63) is 35.4 Å². The molecule has 36 heavy (non-hydrogen) atoms. The smallest absolute Gasteiger partial charge is 0.310 e. The molecule has 196 valence electrons. The summed E-state index contributed by atoms with van der Waals surface area (Å²) >= 11 is 0. The van der Waals surface area contributed by atoms with Gasteiger partial charge in [-0.1, -0.05) is 60.1 Å². The monoisotopic (exact) mass is 490 g/mol. The number of carbonyl (C=O) groups is 1. The summed E-state index contributed by atoms with van der Waals surface area (Å²) in [7, 11) is 0. The highest BCUT2D eigenvalue weighted by Crippen LogP contribution is 2.75. The first kappa shape index (κ1) is 24.6. The maximum absolute atomic E-state index is 12.9. The highest BCUT2D eigenvalue weighted by molar-refractivity contribution is 5.76. The highest BCUT2D eigenvalue weighted by atomic mass is 16.4. The third-order valence-corrected chi connectivity index (χ3v) is 13.5. The molecular weight excluding hydrogens is 444 g/mol. The first-order valence-electron chi connectivity index (χ1n) is 14.6. The summed E-state index contributed by atoms with van der Waals surface area (Å²) in [6, 6.07) is 0. The largest absolute Gasteiger partial charge is 0.481 e. The molecule has 0 aliphatic heterocycles. The molecule has 1 heterocycles. The Morgan fingerprint density at radius 1 is 1.00 bits per heavy atom. The van der Waals surface area contributed by atoms with Gasteiger partial charge in [-0.15, -0.1) is 0 Å². The molecule has 3 fully saturated rings. The van der Waals surface area contributed by atoms with Gasteiger partial charge in [0.05, 0.1) is 11.1 Å². The number of aliphatic carboxylic acids is 1. The molecule has 1 aromatic heterocycles. The second kappa shape index (κ2) is 7.44. The Kier molecular flexibility index (Phi) is 5.09. The summed E-state index contributed by atoms with van der Waals surface area (Å²) in [5, 5.41) is 10.6. The summed E-state index contributed by atoms with van der Waals surface area (Å²) in [6.07, 6.45) is 14.7. The summed E-state index contributed by atoms with van der Waals surface area (Å²) in [4.78, 5) is 22.1. The zero-order valence-electron chi connectivity index (χ0n) is 23.5. The summed E-state index contributed by atoms with van der Waals surface area (Å²) in [6.45, 7) is 17.3. The number of fused-ring (bicyclic) bond motifs is 8. The lowest BCUT2D eigenvalue weighted by atomic mass is 9.33. The van der Waals surface area contributed by atoms with Crippen LogP contribution in [-0.2, 0) is 16.6 Å². The predicted molar refractivity (Wildman–Crippen MR) is 142 cm³/mol. The van der Waals surface area contributed by atoms with Gasteiger partial charge in [-0.05, 0) is 103 Å². The number of carboxylic acid groups (broad SMARTS) is 1. The van der Waals surface area contributed by atoms with Crippen LogP contribution in [0.3, 0.4) is 0 Å². The third kappa shape index (κ3) is 2.75. The van der Waals surface area contributed by atoms with Gasteiger partial charge in [0.15, 0.2) is 0 Å². The van der Waals surface area contributed by atoms with E-state index in [4.69, 9.17) is 4.98 Å². The molecule has 4 heteroatoms. The van der Waals surface area contributed by atoms with E-state index >= 15 is 0 Å². The van der Waals surface area contributed by atoms with E-state index in [2.05, 4.69) is 65.7 Å². The normalized spacial score (nSPS) is 48.9. The van der Waals surface area contributed by atoms with Crippen molar-refractivity contribution < 1.29 is 9.90 Å². The van der Waals surface area contributed by atoms with Crippen LogP contribution in [0.5, 0.6) is 0 Å². The molecule has 3 saturated carbocycles. The molecule has 1 aromatic rings. The van der Waals surface area contributed by atoms with Crippen LogP contribution < -0.4 is 0 Å². The lowest BCUT2D eigenvalue weighted by Gasteiger charge is -2.70. The van der Waals surface area contributed by atoms with Crippen LogP contribution in [0.2, 0.25) is 0 Å². The number of allylic oxidation sites excluding steroid dienone is 2. The molecule has 5 aliphatic rings. The van der Waals surface area contributed by atoms with Crippen LogP contribution in [0, 0.1) is 51.2 Å². The zero-order valence-corrected chi connectivity index (χ0v) is 23.5. The molecule has 9 atom stereocenters. The summed E-state index contributed by atoms with van der Waals surface area (Å²) in [5.41, 5.74) is 4.03. The molecule has 0 saturated heterocycles. The molecule has 0 unspecified atom stereocenters. The van der Waals surface area contributed by atoms with E-state index in [-0.39, 0.29) is 27.6 Å². The Morgan fingerprint density at radius 2 is 1.75 bits per heavy atom. The van der Waals surface area contributed by atoms with E-state index in [0.29, 0.717) is 23.7 Å². The van der Waals surface area contributed by atoms with Crippen LogP contribution in [0.25, 0.3) is 0 Å². The van der Waals surface area contributed by atoms with Gasteiger partial charge in [0, 0.05) is 11.6 Å². The SMILES string of the molecule is C[C@H]1[C@H](C)CC[C@]2(C(=O)O)CC[C@]3(C)C(=CC[C@@H]4[C@@]5(C)Cc6cncnc6C(C)(C)[C@@H]5CC[C@]43C)[C@H]12. The van der Waals surface area contributed by atoms with Crippen LogP contribution in [0.4, 0.5) is 0 Å². The quantitative estimate of drug-likeness (QED) is 0.422. The molecule has 1 N–H and O–H groups in total. The fourth-order valence-corrected chi connectivity index (χ4v) is 11.3. The van der Waals surface area contributed by atoms with Gasteiger partial charge in [-0.25, -0.2) is 9.97 Å². The molecule has 6 rings (SSSR count). The van der Waals surface area contributed by atoms with Gasteiger partial charge in [0.2, 0.25) is 0 Å². The van der Waals surface area contributed by atoms with Crippen LogP contribution in [0.1, 0.15) is 105 Å². The molecule has 5 aliphatic carbocycles. The van der Waals surface area contributed by atoms with Crippen LogP contribution >= 0.6 is 0 Å². The highest BCUT2D eigenvalue weighted by Gasteiger charge is 2.69. The minimum Gasteiger partial charge on any atom is -0.481 e. The van der Waals surface area contributed by atoms with Crippen molar-refractivity contribution >= 4 is 5.97 Å². The van der Waals surface area contributed by atoms with Gasteiger partial charge < -0.3 is 5.11 Å². The second-order valence-corrected chi connectivity index (χ2v) is 14.9. The second-order valence-electron chi connectivity index (χ2n) is 14.9. The Morgan fingerprint density at radius 3 is 2.47 bits per heavy atom. The van der Waals surface area contributed by atoms with E-state index in [1.165, 1.54) is 29.7 Å². The predicted octanol–water partition coefficient (Wildman–Crippen LogP) is 7.23. The number of hydrogen-bond acceptors (Lipinski definition) is 3. The lowest BCUT2D eigenvalue weighted by Crippen LogP contribution is -2.65. The molecule has 0 spiro atoms. The van der Waals surface area contributed by atoms with Crippen molar-refractivity contribution in [2.75, 3.05) is 0 Å². The molecule has 4 nitrogen and oxygen atoms in total. The average molecular weight is 491 g/mol. The maximum Gasteiger partial charge on any atom is 0.310 e. The number of hydrogen-bond donors (Lipinski definition) is 1. The van der Waals surface area contributed by atoms with Gasteiger partial charge in [-0.3, -0.25) is 4.79 Å². The number of aromatic nitrogens is 2. The summed E-state index contributed by atoms with van der Waals surface area (Å²) in [5.74, 6) is 1.82. The van der Waals surface area contributed by atoms with Crippen LogP contribution in [0.15, 0.2) is 24.2 Å². The van der Waals surface area contributed by atoms with E-state index in [9.17, 15) is 9.90 Å². The van der Waals surface area contributed by atoms with E-state index in [1.54, 1.807) is 6.33 Å². The fourth-order valence-electron chi connectivity index (χ4n) is 11.3. The summed E-state index contributed by atoms with van der Waals surface area (Å²) < 4.78 is 0. The van der Waals surface area contributed by atoms with Gasteiger partial charge in [0.25, 0.3) is 0 Å². The van der Waals surface area contributed by atoms with Crippen molar-refractivity contribution in [2.24, 2.45) is 51.2 Å². The molecule has 0 amide bonds. The first-order valence-corrected chi connectivity index (χ1v) is 14.6. The van der Waals surface area contributed by atoms with E-state index < -0.39 is 11.4 Å². The Hall–Kier alpha value is -1.71. The van der Waals surface area contributed by atoms with Gasteiger partial charge >= 0.3 is 5.97 Å². The van der Waals surface area contributed by atoms with Gasteiger partial charge in [0.1, 0.15) is 6.33 Å².